The predicted molar refractivity (Wildman–Crippen MR) is 121 cm³/mol. The van der Waals surface area contributed by atoms with E-state index < -0.39 is 11.7 Å². The second-order valence-electron chi connectivity index (χ2n) is 9.46. The lowest BCUT2D eigenvalue weighted by Gasteiger charge is -2.41. The van der Waals surface area contributed by atoms with Crippen LogP contribution in [0.2, 0.25) is 0 Å². The number of hydrogen-bond donors (Lipinski definition) is 1. The Balaban J connectivity index is 1.95. The maximum atomic E-state index is 14.9. The van der Waals surface area contributed by atoms with E-state index in [2.05, 4.69) is 26.8 Å². The lowest BCUT2D eigenvalue weighted by Crippen LogP contribution is -2.31. The van der Waals surface area contributed by atoms with Crippen molar-refractivity contribution < 1.29 is 13.5 Å². The summed E-state index contributed by atoms with van der Waals surface area (Å²) in [6, 6.07) is 15.1. The van der Waals surface area contributed by atoms with E-state index in [1.165, 1.54) is 12.1 Å². The highest BCUT2D eigenvalue weighted by Crippen LogP contribution is 2.52. The van der Waals surface area contributed by atoms with E-state index in [9.17, 15) is 14.0 Å². The van der Waals surface area contributed by atoms with Gasteiger partial charge in [-0.2, -0.15) is 5.26 Å². The van der Waals surface area contributed by atoms with Gasteiger partial charge in [-0.05, 0) is 53.5 Å². The molecule has 32 heavy (non-hydrogen) atoms. The average Bonchev–Trinajstić information content (AvgIpc) is 2.74. The van der Waals surface area contributed by atoms with E-state index in [1.54, 1.807) is 42.5 Å². The van der Waals surface area contributed by atoms with E-state index in [1.807, 2.05) is 0 Å². The Morgan fingerprint density at radius 2 is 1.69 bits per heavy atom. The van der Waals surface area contributed by atoms with Gasteiger partial charge in [-0.15, -0.1) is 0 Å². The van der Waals surface area contributed by atoms with E-state index in [0.717, 1.165) is 11.1 Å². The van der Waals surface area contributed by atoms with Crippen molar-refractivity contribution in [2.24, 2.45) is 17.1 Å². The first kappa shape index (κ1) is 21.8. The Kier molecular flexibility index (Phi) is 5.64. The highest BCUT2D eigenvalue weighted by Gasteiger charge is 2.41. The van der Waals surface area contributed by atoms with E-state index >= 15 is 0 Å². The maximum Gasteiger partial charge on any atom is 0.205 e. The molecule has 0 unspecified atom stereocenters. The van der Waals surface area contributed by atoms with E-state index in [0.29, 0.717) is 29.7 Å². The highest BCUT2D eigenvalue weighted by atomic mass is 19.1. The molecule has 0 saturated carbocycles. The monoisotopic (exact) mass is 432 g/mol. The van der Waals surface area contributed by atoms with Crippen LogP contribution in [0.4, 0.5) is 8.78 Å². The minimum atomic E-state index is -0.640. The van der Waals surface area contributed by atoms with Crippen molar-refractivity contribution in [2.75, 3.05) is 0 Å². The molecule has 4 rings (SSSR count). The lowest BCUT2D eigenvalue weighted by atomic mass is 9.66. The number of hydrogen-bond acceptors (Lipinski definition) is 3. The summed E-state index contributed by atoms with van der Waals surface area (Å²) in [6.07, 6.45) is 3.08. The van der Waals surface area contributed by atoms with Gasteiger partial charge >= 0.3 is 0 Å². The summed E-state index contributed by atoms with van der Waals surface area (Å²) in [4.78, 5) is 0. The van der Waals surface area contributed by atoms with E-state index in [4.69, 9.17) is 10.5 Å². The molecule has 0 amide bonds. The number of nitriles is 1. The Bertz CT molecular complexity index is 1190. The quantitative estimate of drug-likeness (QED) is 0.584. The fraction of sp³-hybridized carbons (Fsp3) is 0.296. The van der Waals surface area contributed by atoms with Crippen LogP contribution in [0.5, 0.6) is 0 Å². The number of halogens is 2. The highest BCUT2D eigenvalue weighted by molar-refractivity contribution is 5.63. The lowest BCUT2D eigenvalue weighted by molar-refractivity contribution is 0.200. The number of ether oxygens (including phenoxy) is 1. The Morgan fingerprint density at radius 3 is 2.31 bits per heavy atom. The molecule has 0 fully saturated rings. The van der Waals surface area contributed by atoms with Gasteiger partial charge in [0.1, 0.15) is 29.0 Å². The van der Waals surface area contributed by atoms with Gasteiger partial charge in [0.15, 0.2) is 0 Å². The largest absolute Gasteiger partial charge is 0.440 e. The zero-order valence-electron chi connectivity index (χ0n) is 18.5. The standard InChI is InChI=1S/C27H26F2N2O/c1-27(2,3)18-13-17(12-16-8-4-6-10-22(16)28)25-20(14-18)24(21(15-30)26(31)32-25)19-9-5-7-11-23(19)29/h4-12,18,24H,13-14,31H2,1-3H3/b17-12+/t18-,24+/m1/s1. The number of benzene rings is 2. The fourth-order valence-electron chi connectivity index (χ4n) is 4.54. The number of rotatable bonds is 2. The van der Waals surface area contributed by atoms with Crippen LogP contribution in [0.3, 0.4) is 0 Å². The van der Waals surface area contributed by atoms with Crippen molar-refractivity contribution in [1.82, 2.24) is 0 Å². The number of nitrogens with zero attached hydrogens (tertiary/aromatic N) is 1. The zero-order valence-corrected chi connectivity index (χ0v) is 18.5. The van der Waals surface area contributed by atoms with Crippen LogP contribution in [-0.2, 0) is 4.74 Å². The van der Waals surface area contributed by atoms with Crippen LogP contribution in [0.15, 0.2) is 76.9 Å². The van der Waals surface area contributed by atoms with Gasteiger partial charge in [0.2, 0.25) is 5.88 Å². The van der Waals surface area contributed by atoms with Gasteiger partial charge in [0, 0.05) is 11.1 Å². The molecule has 5 heteroatoms. The third kappa shape index (κ3) is 3.93. The van der Waals surface area contributed by atoms with Crippen LogP contribution < -0.4 is 5.73 Å². The maximum absolute atomic E-state index is 14.9. The summed E-state index contributed by atoms with van der Waals surface area (Å²) in [6.45, 7) is 6.46. The van der Waals surface area contributed by atoms with Crippen LogP contribution in [0.25, 0.3) is 6.08 Å². The first-order valence-electron chi connectivity index (χ1n) is 10.7. The van der Waals surface area contributed by atoms with Crippen molar-refractivity contribution in [3.63, 3.8) is 0 Å². The molecular weight excluding hydrogens is 406 g/mol. The first-order valence-corrected chi connectivity index (χ1v) is 10.7. The van der Waals surface area contributed by atoms with Crippen molar-refractivity contribution in [2.45, 2.75) is 39.5 Å². The van der Waals surface area contributed by atoms with Crippen molar-refractivity contribution in [1.29, 1.82) is 5.26 Å². The molecule has 1 aliphatic carbocycles. The molecule has 2 aliphatic rings. The summed E-state index contributed by atoms with van der Waals surface area (Å²) in [7, 11) is 0. The molecule has 3 nitrogen and oxygen atoms in total. The van der Waals surface area contributed by atoms with Gasteiger partial charge in [-0.1, -0.05) is 57.2 Å². The van der Waals surface area contributed by atoms with Crippen LogP contribution in [0.1, 0.15) is 50.7 Å². The molecule has 0 saturated heterocycles. The Morgan fingerprint density at radius 1 is 1.03 bits per heavy atom. The molecule has 2 aromatic carbocycles. The first-order chi connectivity index (χ1) is 15.2. The molecule has 1 heterocycles. The number of nitrogens with two attached hydrogens (primary N) is 1. The fourth-order valence-corrected chi connectivity index (χ4v) is 4.54. The molecule has 0 bridgehead atoms. The summed E-state index contributed by atoms with van der Waals surface area (Å²) >= 11 is 0. The summed E-state index contributed by atoms with van der Waals surface area (Å²) in [5.41, 5.74) is 8.75. The van der Waals surface area contributed by atoms with Crippen LogP contribution in [-0.4, -0.2) is 0 Å². The molecule has 2 N–H and O–H groups in total. The summed E-state index contributed by atoms with van der Waals surface area (Å²) in [5.74, 6) is -0.686. The average molecular weight is 433 g/mol. The second-order valence-corrected chi connectivity index (χ2v) is 9.46. The summed E-state index contributed by atoms with van der Waals surface area (Å²) in [5, 5.41) is 9.86. The third-order valence-corrected chi connectivity index (χ3v) is 6.43. The summed E-state index contributed by atoms with van der Waals surface area (Å²) < 4.78 is 35.3. The molecular formula is C27H26F2N2O. The van der Waals surface area contributed by atoms with Gasteiger partial charge in [0.05, 0.1) is 5.92 Å². The molecule has 1 aliphatic heterocycles. The topological polar surface area (TPSA) is 59.0 Å². The van der Waals surface area contributed by atoms with Crippen LogP contribution in [0, 0.1) is 34.3 Å². The molecule has 164 valence electrons. The Labute approximate surface area is 187 Å². The zero-order chi connectivity index (χ0) is 23.0. The van der Waals surface area contributed by atoms with Gasteiger partial charge in [0.25, 0.3) is 0 Å². The molecule has 0 radical (unpaired) electrons. The normalized spacial score (nSPS) is 22.4. The minimum Gasteiger partial charge on any atom is -0.440 e. The minimum absolute atomic E-state index is 0.0341. The van der Waals surface area contributed by atoms with Crippen molar-refractivity contribution in [3.05, 3.63) is 99.7 Å². The molecule has 0 aromatic heterocycles. The third-order valence-electron chi connectivity index (χ3n) is 6.43. The predicted octanol–water partition coefficient (Wildman–Crippen LogP) is 6.57. The van der Waals surface area contributed by atoms with Gasteiger partial charge in [-0.25, -0.2) is 8.78 Å². The smallest absolute Gasteiger partial charge is 0.205 e. The SMILES string of the molecule is CC(C)(C)[C@H]1CC2=C(OC(N)=C(C#N)[C@H]2c2ccccc2F)/C(=C/c2ccccc2F)C1. The van der Waals surface area contributed by atoms with Crippen molar-refractivity contribution in [3.8, 4) is 6.07 Å². The molecule has 0 spiro atoms. The van der Waals surface area contributed by atoms with Gasteiger partial charge < -0.3 is 10.5 Å². The molecule has 2 atom stereocenters. The van der Waals surface area contributed by atoms with Crippen LogP contribution >= 0.6 is 0 Å². The number of allylic oxidation sites excluding steroid dienone is 3. The second kappa shape index (κ2) is 8.27. The van der Waals surface area contributed by atoms with Crippen molar-refractivity contribution >= 4 is 6.08 Å². The van der Waals surface area contributed by atoms with Gasteiger partial charge in [-0.3, -0.25) is 0 Å². The molecule has 2 aromatic rings. The Hall–Kier alpha value is -3.39. The van der Waals surface area contributed by atoms with E-state index in [-0.39, 0.29) is 28.6 Å².